The van der Waals surface area contributed by atoms with Crippen molar-refractivity contribution >= 4 is 16.8 Å². The molecule has 1 aromatic carbocycles. The Morgan fingerprint density at radius 3 is 3.00 bits per heavy atom. The lowest BCUT2D eigenvalue weighted by Gasteiger charge is -2.15. The number of aromatic amines is 1. The lowest BCUT2D eigenvalue weighted by Crippen LogP contribution is -2.30. The Bertz CT molecular complexity index is 947. The number of amides is 1. The number of nitrogens with one attached hydrogen (secondary N) is 2. The summed E-state index contributed by atoms with van der Waals surface area (Å²) in [5.41, 5.74) is 0.630. The quantitative estimate of drug-likeness (QED) is 0.703. The highest BCUT2D eigenvalue weighted by atomic mass is 16.5. The lowest BCUT2D eigenvalue weighted by atomic mass is 10.1. The van der Waals surface area contributed by atoms with Gasteiger partial charge in [-0.3, -0.25) is 9.59 Å². The molecule has 0 saturated heterocycles. The van der Waals surface area contributed by atoms with Crippen LogP contribution in [-0.2, 0) is 11.3 Å². The molecule has 1 atom stereocenters. The van der Waals surface area contributed by atoms with Gasteiger partial charge < -0.3 is 19.6 Å². The molecular formula is C17H19N5O3. The number of carbonyl (C=O) groups excluding carboxylic acids is 1. The smallest absolute Gasteiger partial charge is 0.252 e. The number of carbonyl (C=O) groups is 1. The summed E-state index contributed by atoms with van der Waals surface area (Å²) in [5.74, 6) is 0.288. The second-order valence-electron chi connectivity index (χ2n) is 5.66. The Kier molecular flexibility index (Phi) is 4.90. The van der Waals surface area contributed by atoms with Crippen molar-refractivity contribution in [1.29, 1.82) is 0 Å². The van der Waals surface area contributed by atoms with Gasteiger partial charge in [0.15, 0.2) is 5.82 Å². The maximum absolute atomic E-state index is 12.7. The average molecular weight is 341 g/mol. The third-order valence-electron chi connectivity index (χ3n) is 3.91. The van der Waals surface area contributed by atoms with Crippen LogP contribution in [0.2, 0.25) is 0 Å². The fraction of sp³-hybridized carbons (Fsp3) is 0.294. The van der Waals surface area contributed by atoms with Crippen LogP contribution in [0.3, 0.4) is 0 Å². The Balaban J connectivity index is 1.86. The minimum absolute atomic E-state index is 0.320. The molecular weight excluding hydrogens is 322 g/mol. The van der Waals surface area contributed by atoms with Crippen LogP contribution in [0.4, 0.5) is 0 Å². The van der Waals surface area contributed by atoms with Gasteiger partial charge in [0, 0.05) is 30.6 Å². The van der Waals surface area contributed by atoms with Gasteiger partial charge in [0.25, 0.3) is 5.91 Å². The highest BCUT2D eigenvalue weighted by Gasteiger charge is 2.18. The van der Waals surface area contributed by atoms with Crippen molar-refractivity contribution in [3.8, 4) is 0 Å². The summed E-state index contributed by atoms with van der Waals surface area (Å²) in [6.07, 6.45) is 1.60. The molecule has 0 saturated carbocycles. The molecule has 0 aliphatic rings. The molecule has 0 aliphatic carbocycles. The number of benzene rings is 1. The predicted molar refractivity (Wildman–Crippen MR) is 92.3 cm³/mol. The van der Waals surface area contributed by atoms with Gasteiger partial charge in [-0.2, -0.15) is 0 Å². The van der Waals surface area contributed by atoms with Crippen molar-refractivity contribution in [2.45, 2.75) is 19.5 Å². The SMILES string of the molecule is COCCn1cnnc1[C@@H](C)NC(=O)c1cc(=O)[nH]c2ccccc12. The summed E-state index contributed by atoms with van der Waals surface area (Å²) in [5, 5.41) is 11.5. The maximum atomic E-state index is 12.7. The topological polar surface area (TPSA) is 102 Å². The van der Waals surface area contributed by atoms with E-state index >= 15 is 0 Å². The second kappa shape index (κ2) is 7.27. The van der Waals surface area contributed by atoms with E-state index < -0.39 is 0 Å². The third-order valence-corrected chi connectivity index (χ3v) is 3.91. The van der Waals surface area contributed by atoms with Crippen molar-refractivity contribution in [3.63, 3.8) is 0 Å². The van der Waals surface area contributed by atoms with Crippen molar-refractivity contribution < 1.29 is 9.53 Å². The van der Waals surface area contributed by atoms with E-state index in [2.05, 4.69) is 20.5 Å². The van der Waals surface area contributed by atoms with Gasteiger partial charge >= 0.3 is 0 Å². The zero-order valence-corrected chi connectivity index (χ0v) is 14.0. The van der Waals surface area contributed by atoms with Crippen LogP contribution in [0.5, 0.6) is 0 Å². The number of ether oxygens (including phenoxy) is 1. The number of para-hydroxylation sites is 1. The van der Waals surface area contributed by atoms with E-state index in [-0.39, 0.29) is 17.5 Å². The van der Waals surface area contributed by atoms with Crippen LogP contribution in [0.15, 0.2) is 41.5 Å². The Morgan fingerprint density at radius 1 is 1.40 bits per heavy atom. The van der Waals surface area contributed by atoms with Crippen LogP contribution >= 0.6 is 0 Å². The van der Waals surface area contributed by atoms with E-state index in [0.29, 0.717) is 35.4 Å². The standard InChI is InChI=1S/C17H19N5O3/c1-11(16-21-18-10-22(16)7-8-25-2)19-17(24)13-9-15(23)20-14-6-4-3-5-12(13)14/h3-6,9-11H,7-8H2,1-2H3,(H,19,24)(H,20,23)/t11-/m1/s1. The van der Waals surface area contributed by atoms with Crippen LogP contribution in [0, 0.1) is 0 Å². The molecule has 25 heavy (non-hydrogen) atoms. The predicted octanol–water partition coefficient (Wildman–Crippen LogP) is 1.26. The molecule has 3 aromatic rings. The number of pyridine rings is 1. The molecule has 8 nitrogen and oxygen atoms in total. The molecule has 0 bridgehead atoms. The molecule has 2 N–H and O–H groups in total. The fourth-order valence-corrected chi connectivity index (χ4v) is 2.69. The number of rotatable bonds is 6. The summed E-state index contributed by atoms with van der Waals surface area (Å²) in [6, 6.07) is 8.12. The van der Waals surface area contributed by atoms with Gasteiger partial charge in [0.2, 0.25) is 5.56 Å². The highest BCUT2D eigenvalue weighted by molar-refractivity contribution is 6.06. The Hall–Kier alpha value is -3.00. The highest BCUT2D eigenvalue weighted by Crippen LogP contribution is 2.16. The average Bonchev–Trinajstić information content (AvgIpc) is 3.07. The Labute approximate surface area is 143 Å². The first-order chi connectivity index (χ1) is 12.1. The summed E-state index contributed by atoms with van der Waals surface area (Å²) >= 11 is 0. The van der Waals surface area contributed by atoms with Crippen molar-refractivity contribution in [1.82, 2.24) is 25.1 Å². The number of methoxy groups -OCH3 is 1. The van der Waals surface area contributed by atoms with Gasteiger partial charge in [-0.05, 0) is 13.0 Å². The number of aromatic nitrogens is 4. The van der Waals surface area contributed by atoms with Crippen LogP contribution in [0.25, 0.3) is 10.9 Å². The summed E-state index contributed by atoms with van der Waals surface area (Å²) in [4.78, 5) is 27.2. The van der Waals surface area contributed by atoms with E-state index in [1.807, 2.05) is 17.6 Å². The number of nitrogens with zero attached hydrogens (tertiary/aromatic N) is 3. The molecule has 0 spiro atoms. The molecule has 8 heteroatoms. The van der Waals surface area contributed by atoms with Crippen LogP contribution in [-0.4, -0.2) is 39.4 Å². The molecule has 0 fully saturated rings. The maximum Gasteiger partial charge on any atom is 0.252 e. The molecule has 2 heterocycles. The zero-order valence-electron chi connectivity index (χ0n) is 14.0. The molecule has 3 rings (SSSR count). The number of fused-ring (bicyclic) bond motifs is 1. The lowest BCUT2D eigenvalue weighted by molar-refractivity contribution is 0.0938. The Morgan fingerprint density at radius 2 is 2.20 bits per heavy atom. The summed E-state index contributed by atoms with van der Waals surface area (Å²) in [6.45, 7) is 2.93. The molecule has 0 radical (unpaired) electrons. The van der Waals surface area contributed by atoms with Crippen LogP contribution < -0.4 is 10.9 Å². The van der Waals surface area contributed by atoms with E-state index in [4.69, 9.17) is 4.74 Å². The first-order valence-electron chi connectivity index (χ1n) is 7.89. The van der Waals surface area contributed by atoms with E-state index in [1.54, 1.807) is 31.6 Å². The third kappa shape index (κ3) is 3.58. The fourth-order valence-electron chi connectivity index (χ4n) is 2.69. The molecule has 0 unspecified atom stereocenters. The number of hydrogen-bond acceptors (Lipinski definition) is 5. The van der Waals surface area contributed by atoms with Gasteiger partial charge in [0.1, 0.15) is 6.33 Å². The molecule has 0 aliphatic heterocycles. The zero-order chi connectivity index (χ0) is 17.8. The van der Waals surface area contributed by atoms with E-state index in [0.717, 1.165) is 0 Å². The molecule has 130 valence electrons. The molecule has 2 aromatic heterocycles. The number of H-pyrrole nitrogens is 1. The van der Waals surface area contributed by atoms with Crippen LogP contribution in [0.1, 0.15) is 29.1 Å². The minimum Gasteiger partial charge on any atom is -0.383 e. The first-order valence-corrected chi connectivity index (χ1v) is 7.89. The van der Waals surface area contributed by atoms with Crippen molar-refractivity contribution in [3.05, 3.63) is 58.4 Å². The van der Waals surface area contributed by atoms with Gasteiger partial charge in [-0.1, -0.05) is 18.2 Å². The summed E-state index contributed by atoms with van der Waals surface area (Å²) in [7, 11) is 1.62. The normalized spacial score (nSPS) is 12.2. The van der Waals surface area contributed by atoms with Crippen molar-refractivity contribution in [2.75, 3.05) is 13.7 Å². The van der Waals surface area contributed by atoms with E-state index in [9.17, 15) is 9.59 Å². The second-order valence-corrected chi connectivity index (χ2v) is 5.66. The summed E-state index contributed by atoms with van der Waals surface area (Å²) < 4.78 is 6.88. The first kappa shape index (κ1) is 16.8. The van der Waals surface area contributed by atoms with Gasteiger partial charge in [0.05, 0.1) is 18.2 Å². The number of hydrogen-bond donors (Lipinski definition) is 2. The largest absolute Gasteiger partial charge is 0.383 e. The monoisotopic (exact) mass is 341 g/mol. The van der Waals surface area contributed by atoms with Crippen molar-refractivity contribution in [2.24, 2.45) is 0 Å². The molecule has 1 amide bonds. The van der Waals surface area contributed by atoms with Gasteiger partial charge in [-0.15, -0.1) is 10.2 Å². The van der Waals surface area contributed by atoms with E-state index in [1.165, 1.54) is 6.07 Å². The minimum atomic E-state index is -0.370. The van der Waals surface area contributed by atoms with Gasteiger partial charge in [-0.25, -0.2) is 0 Å².